The number of ether oxygens (including phenoxy) is 1. The molecule has 1 aliphatic rings. The Bertz CT molecular complexity index is 685. The molecule has 0 saturated carbocycles. The SMILES string of the molecule is CC(C)(C)NC(=O)N1CCC(Oc2ccc(-n3cccn3)nn2)CC1. The Kier molecular flexibility index (Phi) is 4.87. The van der Waals surface area contributed by atoms with Gasteiger partial charge in [0.25, 0.3) is 0 Å². The van der Waals surface area contributed by atoms with Crippen molar-refractivity contribution in [3.63, 3.8) is 0 Å². The van der Waals surface area contributed by atoms with Gasteiger partial charge >= 0.3 is 6.03 Å². The summed E-state index contributed by atoms with van der Waals surface area (Å²) in [6, 6.07) is 5.42. The highest BCUT2D eigenvalue weighted by molar-refractivity contribution is 5.75. The van der Waals surface area contributed by atoms with E-state index in [0.717, 1.165) is 12.8 Å². The van der Waals surface area contributed by atoms with Crippen LogP contribution in [0.1, 0.15) is 33.6 Å². The molecule has 0 atom stereocenters. The Hall–Kier alpha value is -2.64. The maximum absolute atomic E-state index is 12.2. The monoisotopic (exact) mass is 344 g/mol. The molecule has 2 aromatic heterocycles. The first-order valence-corrected chi connectivity index (χ1v) is 8.48. The first-order chi connectivity index (χ1) is 11.9. The number of hydrogen-bond acceptors (Lipinski definition) is 5. The standard InChI is InChI=1S/C17H24N6O2/c1-17(2,3)19-16(24)22-11-7-13(8-12-22)25-15-6-5-14(20-21-15)23-10-4-9-18-23/h4-6,9-10,13H,7-8,11-12H2,1-3H3,(H,19,24). The number of likely N-dealkylation sites (tertiary alicyclic amines) is 1. The summed E-state index contributed by atoms with van der Waals surface area (Å²) in [5, 5.41) is 15.3. The van der Waals surface area contributed by atoms with Crippen LogP contribution in [0.5, 0.6) is 5.88 Å². The van der Waals surface area contributed by atoms with Gasteiger partial charge in [0.15, 0.2) is 5.82 Å². The predicted molar refractivity (Wildman–Crippen MR) is 92.7 cm³/mol. The lowest BCUT2D eigenvalue weighted by Crippen LogP contribution is -2.51. The third-order valence-corrected chi connectivity index (χ3v) is 3.86. The van der Waals surface area contributed by atoms with Crippen molar-refractivity contribution in [2.45, 2.75) is 45.3 Å². The van der Waals surface area contributed by atoms with Crippen molar-refractivity contribution >= 4 is 6.03 Å². The lowest BCUT2D eigenvalue weighted by Gasteiger charge is -2.34. The smallest absolute Gasteiger partial charge is 0.317 e. The van der Waals surface area contributed by atoms with E-state index in [4.69, 9.17) is 4.74 Å². The minimum Gasteiger partial charge on any atom is -0.473 e. The molecule has 0 bridgehead atoms. The lowest BCUT2D eigenvalue weighted by molar-refractivity contribution is 0.104. The van der Waals surface area contributed by atoms with Crippen LogP contribution in [0.25, 0.3) is 5.82 Å². The molecule has 3 heterocycles. The maximum Gasteiger partial charge on any atom is 0.317 e. The number of hydrogen-bond donors (Lipinski definition) is 1. The molecule has 8 heteroatoms. The summed E-state index contributed by atoms with van der Waals surface area (Å²) in [6.45, 7) is 7.28. The van der Waals surface area contributed by atoms with Crippen LogP contribution >= 0.6 is 0 Å². The largest absolute Gasteiger partial charge is 0.473 e. The third-order valence-electron chi connectivity index (χ3n) is 3.86. The molecule has 3 rings (SSSR count). The molecule has 1 aliphatic heterocycles. The normalized spacial score (nSPS) is 15.9. The minimum atomic E-state index is -0.226. The third kappa shape index (κ3) is 4.68. The van der Waals surface area contributed by atoms with Gasteiger partial charge in [-0.1, -0.05) is 0 Å². The second-order valence-corrected chi connectivity index (χ2v) is 7.16. The maximum atomic E-state index is 12.2. The molecule has 1 fully saturated rings. The molecule has 0 spiro atoms. The van der Waals surface area contributed by atoms with Gasteiger partial charge in [-0.05, 0) is 32.9 Å². The molecule has 1 saturated heterocycles. The highest BCUT2D eigenvalue weighted by atomic mass is 16.5. The second kappa shape index (κ2) is 7.08. The average Bonchev–Trinajstić information content (AvgIpc) is 3.09. The van der Waals surface area contributed by atoms with Crippen LogP contribution in [0.4, 0.5) is 4.79 Å². The van der Waals surface area contributed by atoms with Crippen molar-refractivity contribution in [3.8, 4) is 11.7 Å². The molecule has 0 aliphatic carbocycles. The Morgan fingerprint density at radius 2 is 2.00 bits per heavy atom. The fraction of sp³-hybridized carbons (Fsp3) is 0.529. The minimum absolute atomic E-state index is 0.0192. The first kappa shape index (κ1) is 17.2. The molecular formula is C17H24N6O2. The molecule has 2 amide bonds. The summed E-state index contributed by atoms with van der Waals surface area (Å²) in [5.41, 5.74) is -0.226. The van der Waals surface area contributed by atoms with Gasteiger partial charge in [0.05, 0.1) is 0 Å². The zero-order valence-corrected chi connectivity index (χ0v) is 14.8. The van der Waals surface area contributed by atoms with Gasteiger partial charge in [-0.2, -0.15) is 5.10 Å². The number of piperidine rings is 1. The van der Waals surface area contributed by atoms with Crippen molar-refractivity contribution in [1.82, 2.24) is 30.2 Å². The van der Waals surface area contributed by atoms with Crippen LogP contribution in [0.3, 0.4) is 0 Å². The number of aromatic nitrogens is 4. The van der Waals surface area contributed by atoms with Crippen molar-refractivity contribution in [1.29, 1.82) is 0 Å². The van der Waals surface area contributed by atoms with E-state index in [1.54, 1.807) is 16.9 Å². The number of carbonyl (C=O) groups excluding carboxylic acids is 1. The fourth-order valence-electron chi connectivity index (χ4n) is 2.65. The number of urea groups is 1. The summed E-state index contributed by atoms with van der Waals surface area (Å²) < 4.78 is 7.54. The van der Waals surface area contributed by atoms with Crippen LogP contribution in [-0.2, 0) is 0 Å². The van der Waals surface area contributed by atoms with Crippen LogP contribution in [0, 0.1) is 0 Å². The molecule has 0 aromatic carbocycles. The Morgan fingerprint density at radius 1 is 1.24 bits per heavy atom. The molecule has 0 unspecified atom stereocenters. The Morgan fingerprint density at radius 3 is 2.56 bits per heavy atom. The quantitative estimate of drug-likeness (QED) is 0.921. The molecular weight excluding hydrogens is 320 g/mol. The molecule has 8 nitrogen and oxygen atoms in total. The van der Waals surface area contributed by atoms with Crippen molar-refractivity contribution in [2.75, 3.05) is 13.1 Å². The van der Waals surface area contributed by atoms with E-state index in [0.29, 0.717) is 24.8 Å². The Labute approximate surface area is 147 Å². The summed E-state index contributed by atoms with van der Waals surface area (Å²) in [6.07, 6.45) is 5.10. The lowest BCUT2D eigenvalue weighted by atomic mass is 10.1. The van der Waals surface area contributed by atoms with E-state index in [9.17, 15) is 4.79 Å². The van der Waals surface area contributed by atoms with Gasteiger partial charge in [-0.3, -0.25) is 0 Å². The van der Waals surface area contributed by atoms with E-state index in [2.05, 4.69) is 20.6 Å². The molecule has 25 heavy (non-hydrogen) atoms. The van der Waals surface area contributed by atoms with Gasteiger partial charge in [-0.25, -0.2) is 9.48 Å². The summed E-state index contributed by atoms with van der Waals surface area (Å²) in [4.78, 5) is 14.0. The van der Waals surface area contributed by atoms with Crippen molar-refractivity contribution < 1.29 is 9.53 Å². The van der Waals surface area contributed by atoms with Crippen LogP contribution in [-0.4, -0.2) is 55.6 Å². The number of rotatable bonds is 3. The van der Waals surface area contributed by atoms with E-state index in [1.165, 1.54) is 0 Å². The number of carbonyl (C=O) groups is 1. The topological polar surface area (TPSA) is 85.2 Å². The van der Waals surface area contributed by atoms with Gasteiger partial charge in [0.1, 0.15) is 6.10 Å². The van der Waals surface area contributed by atoms with E-state index in [1.807, 2.05) is 44.0 Å². The van der Waals surface area contributed by atoms with Crippen LogP contribution in [0.15, 0.2) is 30.6 Å². The molecule has 0 radical (unpaired) electrons. The van der Waals surface area contributed by atoms with Gasteiger partial charge in [-0.15, -0.1) is 10.2 Å². The average molecular weight is 344 g/mol. The first-order valence-electron chi connectivity index (χ1n) is 8.48. The van der Waals surface area contributed by atoms with Crippen molar-refractivity contribution in [2.24, 2.45) is 0 Å². The fourth-order valence-corrected chi connectivity index (χ4v) is 2.65. The predicted octanol–water partition coefficient (Wildman–Crippen LogP) is 2.01. The van der Waals surface area contributed by atoms with Gasteiger partial charge < -0.3 is 15.0 Å². The van der Waals surface area contributed by atoms with Crippen LogP contribution < -0.4 is 10.1 Å². The van der Waals surface area contributed by atoms with E-state index >= 15 is 0 Å². The number of nitrogens with zero attached hydrogens (tertiary/aromatic N) is 5. The zero-order valence-electron chi connectivity index (χ0n) is 14.8. The summed E-state index contributed by atoms with van der Waals surface area (Å²) in [7, 11) is 0. The summed E-state index contributed by atoms with van der Waals surface area (Å²) in [5.74, 6) is 1.14. The second-order valence-electron chi connectivity index (χ2n) is 7.16. The number of amides is 2. The van der Waals surface area contributed by atoms with E-state index < -0.39 is 0 Å². The van der Waals surface area contributed by atoms with Gasteiger partial charge in [0.2, 0.25) is 5.88 Å². The molecule has 1 N–H and O–H groups in total. The van der Waals surface area contributed by atoms with Crippen LogP contribution in [0.2, 0.25) is 0 Å². The highest BCUT2D eigenvalue weighted by Gasteiger charge is 2.26. The summed E-state index contributed by atoms with van der Waals surface area (Å²) >= 11 is 0. The zero-order chi connectivity index (χ0) is 17.9. The number of nitrogens with one attached hydrogen (secondary N) is 1. The Balaban J connectivity index is 1.50. The molecule has 2 aromatic rings. The molecule has 134 valence electrons. The van der Waals surface area contributed by atoms with E-state index in [-0.39, 0.29) is 17.7 Å². The van der Waals surface area contributed by atoms with Crippen molar-refractivity contribution in [3.05, 3.63) is 30.6 Å². The van der Waals surface area contributed by atoms with Gasteiger partial charge in [0, 0.05) is 49.9 Å². The highest BCUT2D eigenvalue weighted by Crippen LogP contribution is 2.18.